The second-order valence-corrected chi connectivity index (χ2v) is 5.32. The third kappa shape index (κ3) is 3.74. The fourth-order valence-electron chi connectivity index (χ4n) is 1.48. The molecule has 2 nitrogen and oxygen atoms in total. The van der Waals surface area contributed by atoms with E-state index in [1.165, 1.54) is 11.3 Å². The first kappa shape index (κ1) is 11.6. The highest BCUT2D eigenvalue weighted by Crippen LogP contribution is 2.17. The lowest BCUT2D eigenvalue weighted by atomic mass is 10.1. The van der Waals surface area contributed by atoms with Crippen molar-refractivity contribution in [2.75, 3.05) is 19.3 Å². The van der Waals surface area contributed by atoms with Crippen LogP contribution in [0.2, 0.25) is 0 Å². The number of hydrogen-bond acceptors (Lipinski definition) is 2. The highest BCUT2D eigenvalue weighted by Gasteiger charge is 2.13. The highest BCUT2D eigenvalue weighted by atomic mass is 32.2. The average Bonchev–Trinajstić information content (AvgIpc) is 2.46. The van der Waals surface area contributed by atoms with Crippen LogP contribution >= 0.6 is 11.8 Å². The fourth-order valence-corrected chi connectivity index (χ4v) is 2.46. The van der Waals surface area contributed by atoms with Crippen LogP contribution in [0.3, 0.4) is 0 Å². The molecule has 1 fully saturated rings. The summed E-state index contributed by atoms with van der Waals surface area (Å²) in [5, 5.41) is 1.16. The van der Waals surface area contributed by atoms with Gasteiger partial charge in [-0.3, -0.25) is 0 Å². The zero-order chi connectivity index (χ0) is 10.6. The smallest absolute Gasteiger partial charge is 0.163 e. The van der Waals surface area contributed by atoms with Crippen molar-refractivity contribution in [1.29, 1.82) is 0 Å². The van der Waals surface area contributed by atoms with Crippen molar-refractivity contribution >= 4 is 16.9 Å². The molecule has 0 aromatic heterocycles. The first-order valence-corrected chi connectivity index (χ1v) is 6.15. The lowest BCUT2D eigenvalue weighted by Crippen LogP contribution is -2.17. The van der Waals surface area contributed by atoms with Crippen molar-refractivity contribution < 1.29 is 0 Å². The van der Waals surface area contributed by atoms with Crippen molar-refractivity contribution in [3.8, 4) is 0 Å². The van der Waals surface area contributed by atoms with Crippen LogP contribution in [-0.2, 0) is 0 Å². The predicted octanol–water partition coefficient (Wildman–Crippen LogP) is 2.97. The van der Waals surface area contributed by atoms with Crippen LogP contribution in [0.4, 0.5) is 0 Å². The molecule has 0 N–H and O–H groups in total. The number of allylic oxidation sites excluding steroid dienone is 1. The molecule has 0 aliphatic carbocycles. The van der Waals surface area contributed by atoms with E-state index in [2.05, 4.69) is 37.7 Å². The summed E-state index contributed by atoms with van der Waals surface area (Å²) in [4.78, 5) is 6.71. The first-order chi connectivity index (χ1) is 6.59. The molecule has 0 aromatic carbocycles. The summed E-state index contributed by atoms with van der Waals surface area (Å²) in [6.45, 7) is 7.76. The standard InChI is InChI=1S/C11H20N2S/c1-9(2)7-10(3)8-12-11-13(4)5-6-14-11/h8-9H,5-7H2,1-4H3/b10-8+,12-11?. The molecule has 0 amide bonds. The molecule has 0 aromatic rings. The summed E-state index contributed by atoms with van der Waals surface area (Å²) in [7, 11) is 2.10. The number of amidine groups is 1. The Kier molecular flexibility index (Phi) is 4.52. The Morgan fingerprint density at radius 3 is 2.86 bits per heavy atom. The predicted molar refractivity (Wildman–Crippen MR) is 65.7 cm³/mol. The number of hydrogen-bond donors (Lipinski definition) is 0. The van der Waals surface area contributed by atoms with E-state index in [0.29, 0.717) is 0 Å². The molecule has 0 atom stereocenters. The van der Waals surface area contributed by atoms with E-state index in [0.717, 1.165) is 24.1 Å². The van der Waals surface area contributed by atoms with Crippen molar-refractivity contribution in [2.24, 2.45) is 10.9 Å². The number of thioether (sulfide) groups is 1. The Hall–Kier alpha value is -0.440. The van der Waals surface area contributed by atoms with Crippen molar-refractivity contribution in [2.45, 2.75) is 27.2 Å². The molecule has 1 rings (SSSR count). The molecule has 0 unspecified atom stereocenters. The molecule has 80 valence electrons. The number of aliphatic imine (C=N–C) groups is 1. The maximum Gasteiger partial charge on any atom is 0.163 e. The largest absolute Gasteiger partial charge is 0.353 e. The van der Waals surface area contributed by atoms with Gasteiger partial charge in [0.1, 0.15) is 0 Å². The van der Waals surface area contributed by atoms with Crippen molar-refractivity contribution in [3.05, 3.63) is 11.8 Å². The van der Waals surface area contributed by atoms with E-state index in [9.17, 15) is 0 Å². The zero-order valence-corrected chi connectivity index (χ0v) is 10.4. The van der Waals surface area contributed by atoms with Gasteiger partial charge in [0.2, 0.25) is 0 Å². The van der Waals surface area contributed by atoms with Crippen molar-refractivity contribution in [1.82, 2.24) is 4.90 Å². The normalized spacial score (nSPS) is 21.4. The molecule has 1 saturated heterocycles. The summed E-state index contributed by atoms with van der Waals surface area (Å²) < 4.78 is 0. The van der Waals surface area contributed by atoms with Crippen molar-refractivity contribution in [3.63, 3.8) is 0 Å². The lowest BCUT2D eigenvalue weighted by Gasteiger charge is -2.08. The van der Waals surface area contributed by atoms with Crippen LogP contribution in [-0.4, -0.2) is 29.4 Å². The fraction of sp³-hybridized carbons (Fsp3) is 0.727. The third-order valence-corrected chi connectivity index (χ3v) is 3.17. The van der Waals surface area contributed by atoms with Gasteiger partial charge in [0.05, 0.1) is 0 Å². The van der Waals surface area contributed by atoms with Crippen LogP contribution in [0.25, 0.3) is 0 Å². The number of nitrogens with zero attached hydrogens (tertiary/aromatic N) is 2. The summed E-state index contributed by atoms with van der Waals surface area (Å²) in [5.41, 5.74) is 1.37. The average molecular weight is 212 g/mol. The first-order valence-electron chi connectivity index (χ1n) is 5.17. The number of rotatable bonds is 3. The van der Waals surface area contributed by atoms with Crippen LogP contribution < -0.4 is 0 Å². The van der Waals surface area contributed by atoms with Gasteiger partial charge in [0.15, 0.2) is 5.17 Å². The van der Waals surface area contributed by atoms with Gasteiger partial charge >= 0.3 is 0 Å². The van der Waals surface area contributed by atoms with E-state index in [1.807, 2.05) is 18.0 Å². The molecule has 1 aliphatic heterocycles. The monoisotopic (exact) mass is 212 g/mol. The van der Waals surface area contributed by atoms with Crippen LogP contribution in [0.15, 0.2) is 16.8 Å². The SMILES string of the molecule is C/C(=C\N=C1SCCN1C)CC(C)C. The van der Waals surface area contributed by atoms with Crippen LogP contribution in [0.5, 0.6) is 0 Å². The van der Waals surface area contributed by atoms with E-state index in [4.69, 9.17) is 0 Å². The Morgan fingerprint density at radius 1 is 1.64 bits per heavy atom. The molecule has 0 spiro atoms. The molecule has 1 heterocycles. The minimum absolute atomic E-state index is 0.723. The summed E-state index contributed by atoms with van der Waals surface area (Å²) in [5.74, 6) is 1.90. The molecular weight excluding hydrogens is 192 g/mol. The molecule has 0 bridgehead atoms. The maximum atomic E-state index is 4.50. The summed E-state index contributed by atoms with van der Waals surface area (Å²) >= 11 is 1.84. The van der Waals surface area contributed by atoms with E-state index >= 15 is 0 Å². The maximum absolute atomic E-state index is 4.50. The Morgan fingerprint density at radius 2 is 2.36 bits per heavy atom. The molecular formula is C11H20N2S. The Labute approximate surface area is 91.5 Å². The minimum Gasteiger partial charge on any atom is -0.353 e. The third-order valence-electron chi connectivity index (χ3n) is 2.11. The second-order valence-electron chi connectivity index (χ2n) is 4.26. The van der Waals surface area contributed by atoms with E-state index < -0.39 is 0 Å². The van der Waals surface area contributed by atoms with Crippen LogP contribution in [0.1, 0.15) is 27.2 Å². The molecule has 0 saturated carbocycles. The van der Waals surface area contributed by atoms with Gasteiger partial charge < -0.3 is 4.90 Å². The summed E-state index contributed by atoms with van der Waals surface area (Å²) in [6, 6.07) is 0. The van der Waals surface area contributed by atoms with Gasteiger partial charge in [-0.2, -0.15) is 0 Å². The highest BCUT2D eigenvalue weighted by molar-refractivity contribution is 8.14. The Balaban J connectivity index is 2.51. The van der Waals surface area contributed by atoms with Gasteiger partial charge in [-0.25, -0.2) is 4.99 Å². The van der Waals surface area contributed by atoms with Gasteiger partial charge in [0.25, 0.3) is 0 Å². The summed E-state index contributed by atoms with van der Waals surface area (Å²) in [6.07, 6.45) is 3.16. The van der Waals surface area contributed by atoms with E-state index in [-0.39, 0.29) is 0 Å². The van der Waals surface area contributed by atoms with Gasteiger partial charge in [-0.15, -0.1) is 0 Å². The second kappa shape index (κ2) is 5.44. The lowest BCUT2D eigenvalue weighted by molar-refractivity contribution is 0.563. The topological polar surface area (TPSA) is 15.6 Å². The minimum atomic E-state index is 0.723. The molecule has 3 heteroatoms. The molecule has 1 aliphatic rings. The molecule has 14 heavy (non-hydrogen) atoms. The Bertz CT molecular complexity index is 244. The zero-order valence-electron chi connectivity index (χ0n) is 9.58. The van der Waals surface area contributed by atoms with Crippen LogP contribution in [0, 0.1) is 5.92 Å². The van der Waals surface area contributed by atoms with Gasteiger partial charge in [0, 0.05) is 25.5 Å². The van der Waals surface area contributed by atoms with E-state index in [1.54, 1.807) is 0 Å². The van der Waals surface area contributed by atoms with Gasteiger partial charge in [-0.1, -0.05) is 31.2 Å². The molecule has 0 radical (unpaired) electrons. The quantitative estimate of drug-likeness (QED) is 0.714. The van der Waals surface area contributed by atoms with Gasteiger partial charge in [-0.05, 0) is 19.3 Å².